The van der Waals surface area contributed by atoms with Gasteiger partial charge in [0, 0.05) is 6.42 Å². The number of rotatable bonds is 38. The number of phosphoric ester groups is 1. The molecule has 0 radical (unpaired) electrons. The summed E-state index contributed by atoms with van der Waals surface area (Å²) in [4.78, 5) is 23.1. The van der Waals surface area contributed by atoms with E-state index >= 15 is 0 Å². The Labute approximate surface area is 326 Å². The second-order valence-corrected chi connectivity index (χ2v) is 17.3. The maximum Gasteiger partial charge on any atom is 0.472 e. The van der Waals surface area contributed by atoms with Crippen LogP contribution < -0.4 is 5.32 Å². The smallest absolute Gasteiger partial charge is 0.390 e. The lowest BCUT2D eigenvalue weighted by molar-refractivity contribution is -0.870. The maximum absolute atomic E-state index is 12.9. The van der Waals surface area contributed by atoms with Crippen molar-refractivity contribution in [2.24, 2.45) is 0 Å². The Morgan fingerprint density at radius 1 is 0.642 bits per heavy atom. The topological polar surface area (TPSA) is 125 Å². The van der Waals surface area contributed by atoms with Crippen LogP contribution >= 0.6 is 7.82 Å². The number of unbranched alkanes of at least 4 members (excludes halogenated alkanes) is 18. The largest absolute Gasteiger partial charge is 0.472 e. The molecule has 0 aromatic carbocycles. The fourth-order valence-corrected chi connectivity index (χ4v) is 6.65. The molecular formula is C43H84N2O7P+. The van der Waals surface area contributed by atoms with Crippen molar-refractivity contribution >= 4 is 13.7 Å². The number of allylic oxidation sites excluding steroid dienone is 6. The minimum Gasteiger partial charge on any atom is -0.390 e. The minimum atomic E-state index is -4.42. The molecule has 0 aliphatic heterocycles. The molecule has 0 aromatic rings. The molecule has 0 bridgehead atoms. The van der Waals surface area contributed by atoms with Gasteiger partial charge in [-0.2, -0.15) is 0 Å². The monoisotopic (exact) mass is 772 g/mol. The molecule has 4 atom stereocenters. The van der Waals surface area contributed by atoms with Gasteiger partial charge in [-0.05, 0) is 77.0 Å². The highest BCUT2D eigenvalue weighted by Gasteiger charge is 2.31. The summed E-state index contributed by atoms with van der Waals surface area (Å²) in [5.74, 6) is -0.279. The van der Waals surface area contributed by atoms with Crippen LogP contribution in [0.4, 0.5) is 0 Å². The molecule has 9 nitrogen and oxygen atoms in total. The molecule has 0 saturated heterocycles. The molecule has 10 heteroatoms. The number of nitrogens with zero attached hydrogens (tertiary/aromatic N) is 1. The number of likely N-dealkylation sites (N-methyl/N-ethyl adjacent to an activating group) is 1. The molecule has 312 valence electrons. The van der Waals surface area contributed by atoms with E-state index in [0.717, 1.165) is 51.4 Å². The van der Waals surface area contributed by atoms with Crippen molar-refractivity contribution < 1.29 is 38.0 Å². The molecule has 0 aliphatic carbocycles. The lowest BCUT2D eigenvalue weighted by Crippen LogP contribution is -2.51. The summed E-state index contributed by atoms with van der Waals surface area (Å²) < 4.78 is 23.4. The van der Waals surface area contributed by atoms with E-state index in [2.05, 4.69) is 55.6 Å². The van der Waals surface area contributed by atoms with Crippen molar-refractivity contribution in [3.63, 3.8) is 0 Å². The zero-order valence-electron chi connectivity index (χ0n) is 34.9. The summed E-state index contributed by atoms with van der Waals surface area (Å²) >= 11 is 0. The van der Waals surface area contributed by atoms with Gasteiger partial charge in [-0.25, -0.2) is 4.57 Å². The van der Waals surface area contributed by atoms with E-state index in [1.165, 1.54) is 83.5 Å². The van der Waals surface area contributed by atoms with Crippen LogP contribution in [0.1, 0.15) is 174 Å². The number of carbonyl (C=O) groups excluding carboxylic acids is 1. The quantitative estimate of drug-likeness (QED) is 0.0213. The van der Waals surface area contributed by atoms with Gasteiger partial charge >= 0.3 is 7.82 Å². The van der Waals surface area contributed by atoms with E-state index in [4.69, 9.17) is 9.05 Å². The fourth-order valence-electron chi connectivity index (χ4n) is 5.92. The lowest BCUT2D eigenvalue weighted by Gasteiger charge is -2.28. The van der Waals surface area contributed by atoms with Gasteiger partial charge < -0.3 is 24.9 Å². The van der Waals surface area contributed by atoms with Gasteiger partial charge in [0.15, 0.2) is 0 Å². The number of aliphatic hydroxyl groups excluding tert-OH is 2. The molecule has 0 aromatic heterocycles. The zero-order chi connectivity index (χ0) is 39.5. The van der Waals surface area contributed by atoms with Crippen LogP contribution in [0.25, 0.3) is 0 Å². The first-order valence-corrected chi connectivity index (χ1v) is 22.9. The third kappa shape index (κ3) is 36.1. The van der Waals surface area contributed by atoms with E-state index in [0.29, 0.717) is 30.3 Å². The van der Waals surface area contributed by atoms with E-state index in [1.807, 2.05) is 21.1 Å². The van der Waals surface area contributed by atoms with Crippen LogP contribution in [0.15, 0.2) is 36.5 Å². The highest BCUT2D eigenvalue weighted by Crippen LogP contribution is 2.43. The predicted octanol–water partition coefficient (Wildman–Crippen LogP) is 10.5. The van der Waals surface area contributed by atoms with Crippen molar-refractivity contribution in [1.82, 2.24) is 5.32 Å². The van der Waals surface area contributed by atoms with Crippen molar-refractivity contribution in [3.8, 4) is 0 Å². The molecule has 4 N–H and O–H groups in total. The Hall–Kier alpha value is -1.32. The Morgan fingerprint density at radius 3 is 1.60 bits per heavy atom. The maximum atomic E-state index is 12.9. The first-order chi connectivity index (χ1) is 25.4. The van der Waals surface area contributed by atoms with Crippen molar-refractivity contribution in [3.05, 3.63) is 36.5 Å². The lowest BCUT2D eigenvalue weighted by atomic mass is 10.0. The zero-order valence-corrected chi connectivity index (χ0v) is 35.8. The number of carbonyl (C=O) groups is 1. The Bertz CT molecular complexity index is 982. The van der Waals surface area contributed by atoms with E-state index in [1.54, 1.807) is 0 Å². The number of nitrogens with one attached hydrogen (secondary N) is 1. The second kappa shape index (κ2) is 35.1. The summed E-state index contributed by atoms with van der Waals surface area (Å²) in [7, 11) is 1.40. The van der Waals surface area contributed by atoms with Gasteiger partial charge in [0.25, 0.3) is 0 Å². The van der Waals surface area contributed by atoms with Crippen molar-refractivity contribution in [1.29, 1.82) is 0 Å². The molecule has 53 heavy (non-hydrogen) atoms. The standard InChI is InChI=1S/C43H83N2O7P/c1-6-8-10-12-14-16-18-20-21-22-23-24-26-28-30-32-34-36-42(47)44-40(39-52-53(49,50)51-38-37-45(3,4)5)43(48)41(46)35-33-31-29-27-25-19-17-15-13-11-9-7-2/h15,17,20-21,27,29,40-41,43,46,48H,6-14,16,18-19,22-26,28,30-39H2,1-5H3,(H-,44,47,49,50)/p+1/b17-15+,21-20-,29-27+. The first-order valence-electron chi connectivity index (χ1n) is 21.4. The molecule has 0 fully saturated rings. The van der Waals surface area contributed by atoms with Gasteiger partial charge in [0.1, 0.15) is 19.3 Å². The number of quaternary nitrogens is 1. The molecule has 1 amide bonds. The van der Waals surface area contributed by atoms with E-state index in [-0.39, 0.29) is 18.9 Å². The van der Waals surface area contributed by atoms with Gasteiger partial charge in [-0.15, -0.1) is 0 Å². The summed E-state index contributed by atoms with van der Waals surface area (Å²) in [6.07, 6.45) is 37.8. The van der Waals surface area contributed by atoms with Crippen LogP contribution in [0.3, 0.4) is 0 Å². The van der Waals surface area contributed by atoms with Gasteiger partial charge in [0.05, 0.1) is 39.9 Å². The number of hydrogen-bond acceptors (Lipinski definition) is 6. The molecule has 0 rings (SSSR count). The summed E-state index contributed by atoms with van der Waals surface area (Å²) in [6.45, 7) is 4.52. The fraction of sp³-hybridized carbons (Fsp3) is 0.837. The van der Waals surface area contributed by atoms with Crippen LogP contribution in [-0.2, 0) is 18.4 Å². The number of amides is 1. The Morgan fingerprint density at radius 2 is 1.08 bits per heavy atom. The highest BCUT2D eigenvalue weighted by molar-refractivity contribution is 7.47. The summed E-state index contributed by atoms with van der Waals surface area (Å²) in [5, 5.41) is 24.6. The van der Waals surface area contributed by atoms with Gasteiger partial charge in [0.2, 0.25) is 5.91 Å². The molecule has 0 saturated carbocycles. The minimum absolute atomic E-state index is 0.0125. The first kappa shape index (κ1) is 51.7. The Balaban J connectivity index is 4.58. The number of phosphoric acid groups is 1. The normalized spacial score (nSPS) is 15.4. The average Bonchev–Trinajstić information content (AvgIpc) is 3.10. The van der Waals surface area contributed by atoms with E-state index in [9.17, 15) is 24.5 Å². The predicted molar refractivity (Wildman–Crippen MR) is 223 cm³/mol. The Kier molecular flexibility index (Phi) is 34.2. The van der Waals surface area contributed by atoms with Crippen LogP contribution in [0, 0.1) is 0 Å². The summed E-state index contributed by atoms with van der Waals surface area (Å²) in [6, 6.07) is -1.06. The number of aliphatic hydroxyl groups is 2. The summed E-state index contributed by atoms with van der Waals surface area (Å²) in [5.41, 5.74) is 0. The van der Waals surface area contributed by atoms with Crippen LogP contribution in [0.5, 0.6) is 0 Å². The number of hydrogen-bond donors (Lipinski definition) is 4. The molecule has 4 unspecified atom stereocenters. The molecule has 0 spiro atoms. The van der Waals surface area contributed by atoms with Crippen LogP contribution in [-0.4, -0.2) is 84.6 Å². The molecular weight excluding hydrogens is 687 g/mol. The third-order valence-electron chi connectivity index (χ3n) is 9.43. The van der Waals surface area contributed by atoms with Crippen LogP contribution in [0.2, 0.25) is 0 Å². The third-order valence-corrected chi connectivity index (χ3v) is 10.4. The SMILES string of the molecule is CCCCC/C=C/CC/C=C/CCCC(O)C(O)C(COP(=O)(O)OCC[N+](C)(C)C)NC(=O)CCCCCCCCC/C=C\CCCCCCCC. The van der Waals surface area contributed by atoms with Crippen molar-refractivity contribution in [2.75, 3.05) is 40.9 Å². The second-order valence-electron chi connectivity index (χ2n) is 15.8. The van der Waals surface area contributed by atoms with Crippen molar-refractivity contribution in [2.45, 2.75) is 193 Å². The highest BCUT2D eigenvalue weighted by atomic mass is 31.2. The van der Waals surface area contributed by atoms with Gasteiger partial charge in [-0.1, -0.05) is 127 Å². The average molecular weight is 772 g/mol. The molecule has 0 aliphatic rings. The molecule has 0 heterocycles. The van der Waals surface area contributed by atoms with E-state index < -0.39 is 32.7 Å². The van der Waals surface area contributed by atoms with Gasteiger partial charge in [-0.3, -0.25) is 13.8 Å².